The second-order valence-corrected chi connectivity index (χ2v) is 6.20. The first-order chi connectivity index (χ1) is 12.2. The zero-order chi connectivity index (χ0) is 17.6. The predicted molar refractivity (Wildman–Crippen MR) is 98.1 cm³/mol. The fourth-order valence-corrected chi connectivity index (χ4v) is 2.87. The summed E-state index contributed by atoms with van der Waals surface area (Å²) in [6.07, 6.45) is 1.74. The van der Waals surface area contributed by atoms with Crippen LogP contribution in [0.4, 0.5) is 5.82 Å². The minimum absolute atomic E-state index is 0.0992. The Labute approximate surface area is 148 Å². The minimum atomic E-state index is -0.0992. The number of anilines is 1. The van der Waals surface area contributed by atoms with Gasteiger partial charge in [0.1, 0.15) is 11.6 Å². The normalized spacial score (nSPS) is 15.0. The number of hydrogen-bond acceptors (Lipinski definition) is 5. The van der Waals surface area contributed by atoms with Crippen molar-refractivity contribution in [2.24, 2.45) is 0 Å². The Morgan fingerprint density at radius 1 is 1.16 bits per heavy atom. The Morgan fingerprint density at radius 2 is 1.88 bits per heavy atom. The summed E-state index contributed by atoms with van der Waals surface area (Å²) in [6, 6.07) is 11.3. The van der Waals surface area contributed by atoms with Crippen molar-refractivity contribution < 1.29 is 9.53 Å². The van der Waals surface area contributed by atoms with E-state index in [0.717, 1.165) is 43.3 Å². The molecule has 0 atom stereocenters. The van der Waals surface area contributed by atoms with Crippen LogP contribution in [-0.4, -0.2) is 56.1 Å². The van der Waals surface area contributed by atoms with Crippen LogP contribution in [0.5, 0.6) is 5.75 Å². The largest absolute Gasteiger partial charge is 0.497 e. The standard InChI is InChI=1S/C19H24N4O2/c1-22-10-12-23(13-11-22)18-17(4-3-9-20-18)19(24)21-14-15-5-7-16(25-2)8-6-15/h3-9H,10-14H2,1-2H3,(H,21,24). The molecule has 3 rings (SSSR count). The number of aromatic nitrogens is 1. The predicted octanol–water partition coefficient (Wildman–Crippen LogP) is 1.77. The van der Waals surface area contributed by atoms with E-state index in [1.807, 2.05) is 36.4 Å². The van der Waals surface area contributed by atoms with Crippen molar-refractivity contribution >= 4 is 11.7 Å². The number of benzene rings is 1. The minimum Gasteiger partial charge on any atom is -0.497 e. The van der Waals surface area contributed by atoms with Crippen molar-refractivity contribution in [2.45, 2.75) is 6.54 Å². The van der Waals surface area contributed by atoms with Gasteiger partial charge < -0.3 is 19.9 Å². The average molecular weight is 340 g/mol. The molecule has 2 aromatic rings. The van der Waals surface area contributed by atoms with Gasteiger partial charge in [-0.05, 0) is 36.9 Å². The summed E-state index contributed by atoms with van der Waals surface area (Å²) < 4.78 is 5.15. The smallest absolute Gasteiger partial charge is 0.255 e. The molecule has 1 fully saturated rings. The van der Waals surface area contributed by atoms with E-state index in [-0.39, 0.29) is 5.91 Å². The van der Waals surface area contributed by atoms with Crippen LogP contribution in [0, 0.1) is 0 Å². The maximum atomic E-state index is 12.7. The van der Waals surface area contributed by atoms with Gasteiger partial charge in [-0.3, -0.25) is 4.79 Å². The molecule has 1 aliphatic rings. The fourth-order valence-electron chi connectivity index (χ4n) is 2.87. The molecule has 0 spiro atoms. The highest BCUT2D eigenvalue weighted by Crippen LogP contribution is 2.19. The first-order valence-electron chi connectivity index (χ1n) is 8.47. The van der Waals surface area contributed by atoms with E-state index in [1.54, 1.807) is 13.3 Å². The Morgan fingerprint density at radius 3 is 2.56 bits per heavy atom. The number of likely N-dealkylation sites (N-methyl/N-ethyl adjacent to an activating group) is 1. The van der Waals surface area contributed by atoms with Gasteiger partial charge in [0.2, 0.25) is 0 Å². The van der Waals surface area contributed by atoms with Crippen LogP contribution < -0.4 is 15.0 Å². The van der Waals surface area contributed by atoms with E-state index in [9.17, 15) is 4.79 Å². The van der Waals surface area contributed by atoms with E-state index in [1.165, 1.54) is 0 Å². The average Bonchev–Trinajstić information content (AvgIpc) is 2.67. The number of rotatable bonds is 5. The summed E-state index contributed by atoms with van der Waals surface area (Å²) in [5.41, 5.74) is 1.65. The van der Waals surface area contributed by atoms with Crippen LogP contribution >= 0.6 is 0 Å². The Kier molecular flexibility index (Phi) is 5.50. The quantitative estimate of drug-likeness (QED) is 0.899. The zero-order valence-corrected chi connectivity index (χ0v) is 14.7. The van der Waals surface area contributed by atoms with Crippen LogP contribution in [0.3, 0.4) is 0 Å². The number of ether oxygens (including phenoxy) is 1. The third-order valence-electron chi connectivity index (χ3n) is 4.45. The molecule has 1 aromatic carbocycles. The fraction of sp³-hybridized carbons (Fsp3) is 0.368. The molecule has 132 valence electrons. The van der Waals surface area contributed by atoms with E-state index in [0.29, 0.717) is 12.1 Å². The highest BCUT2D eigenvalue weighted by molar-refractivity contribution is 5.98. The highest BCUT2D eigenvalue weighted by atomic mass is 16.5. The summed E-state index contributed by atoms with van der Waals surface area (Å²) >= 11 is 0. The van der Waals surface area contributed by atoms with Crippen LogP contribution in [-0.2, 0) is 6.54 Å². The van der Waals surface area contributed by atoms with Crippen molar-refractivity contribution in [3.8, 4) is 5.75 Å². The van der Waals surface area contributed by atoms with Gasteiger partial charge in [0.15, 0.2) is 0 Å². The molecule has 1 amide bonds. The van der Waals surface area contributed by atoms with Gasteiger partial charge in [-0.1, -0.05) is 12.1 Å². The number of nitrogens with one attached hydrogen (secondary N) is 1. The SMILES string of the molecule is COc1ccc(CNC(=O)c2cccnc2N2CCN(C)CC2)cc1. The Bertz CT molecular complexity index is 710. The molecular formula is C19H24N4O2. The summed E-state index contributed by atoms with van der Waals surface area (Å²) in [5.74, 6) is 1.47. The molecule has 0 unspecified atom stereocenters. The zero-order valence-electron chi connectivity index (χ0n) is 14.7. The summed E-state index contributed by atoms with van der Waals surface area (Å²) in [5, 5.41) is 2.98. The van der Waals surface area contributed by atoms with Crippen molar-refractivity contribution in [1.82, 2.24) is 15.2 Å². The summed E-state index contributed by atoms with van der Waals surface area (Å²) in [7, 11) is 3.75. The molecule has 1 saturated heterocycles. The topological polar surface area (TPSA) is 57.7 Å². The monoisotopic (exact) mass is 340 g/mol. The van der Waals surface area contributed by atoms with Gasteiger partial charge >= 0.3 is 0 Å². The molecule has 2 heterocycles. The number of carbonyl (C=O) groups is 1. The van der Waals surface area contributed by atoms with Crippen molar-refractivity contribution in [3.05, 3.63) is 53.7 Å². The maximum Gasteiger partial charge on any atom is 0.255 e. The van der Waals surface area contributed by atoms with E-state index >= 15 is 0 Å². The lowest BCUT2D eigenvalue weighted by Crippen LogP contribution is -2.45. The number of nitrogens with zero attached hydrogens (tertiary/aromatic N) is 3. The van der Waals surface area contributed by atoms with Gasteiger partial charge in [-0.25, -0.2) is 4.98 Å². The van der Waals surface area contributed by atoms with E-state index in [2.05, 4.69) is 27.1 Å². The van der Waals surface area contributed by atoms with Crippen LogP contribution in [0.15, 0.2) is 42.6 Å². The molecular weight excluding hydrogens is 316 g/mol. The first kappa shape index (κ1) is 17.2. The maximum absolute atomic E-state index is 12.7. The van der Waals surface area contributed by atoms with Gasteiger partial charge in [0.05, 0.1) is 12.7 Å². The molecule has 1 aromatic heterocycles. The molecule has 6 nitrogen and oxygen atoms in total. The van der Waals surface area contributed by atoms with E-state index < -0.39 is 0 Å². The lowest BCUT2D eigenvalue weighted by molar-refractivity contribution is 0.0951. The van der Waals surface area contributed by atoms with Crippen molar-refractivity contribution in [3.63, 3.8) is 0 Å². The van der Waals surface area contributed by atoms with Crippen LogP contribution in [0.1, 0.15) is 15.9 Å². The summed E-state index contributed by atoms with van der Waals surface area (Å²) in [6.45, 7) is 4.19. The number of hydrogen-bond donors (Lipinski definition) is 1. The Balaban J connectivity index is 1.67. The number of carbonyl (C=O) groups excluding carboxylic acids is 1. The summed E-state index contributed by atoms with van der Waals surface area (Å²) in [4.78, 5) is 21.6. The lowest BCUT2D eigenvalue weighted by Gasteiger charge is -2.34. The van der Waals surface area contributed by atoms with E-state index in [4.69, 9.17) is 4.74 Å². The van der Waals surface area contributed by atoms with Gasteiger partial charge in [-0.15, -0.1) is 0 Å². The second-order valence-electron chi connectivity index (χ2n) is 6.20. The molecule has 1 N–H and O–H groups in total. The van der Waals surface area contributed by atoms with Crippen LogP contribution in [0.2, 0.25) is 0 Å². The van der Waals surface area contributed by atoms with Crippen molar-refractivity contribution in [1.29, 1.82) is 0 Å². The number of piperazine rings is 1. The van der Waals surface area contributed by atoms with Gasteiger partial charge in [-0.2, -0.15) is 0 Å². The third-order valence-corrected chi connectivity index (χ3v) is 4.45. The molecule has 0 bridgehead atoms. The molecule has 0 radical (unpaired) electrons. The van der Waals surface area contributed by atoms with Gasteiger partial charge in [0, 0.05) is 38.9 Å². The number of amides is 1. The first-order valence-corrected chi connectivity index (χ1v) is 8.47. The molecule has 6 heteroatoms. The molecule has 0 aliphatic carbocycles. The number of pyridine rings is 1. The third kappa shape index (κ3) is 4.28. The van der Waals surface area contributed by atoms with Crippen molar-refractivity contribution in [2.75, 3.05) is 45.2 Å². The highest BCUT2D eigenvalue weighted by Gasteiger charge is 2.21. The van der Waals surface area contributed by atoms with Crippen LogP contribution in [0.25, 0.3) is 0 Å². The number of methoxy groups -OCH3 is 1. The Hall–Kier alpha value is -2.60. The van der Waals surface area contributed by atoms with Gasteiger partial charge in [0.25, 0.3) is 5.91 Å². The second kappa shape index (κ2) is 7.98. The molecule has 1 aliphatic heterocycles. The molecule has 25 heavy (non-hydrogen) atoms. The lowest BCUT2D eigenvalue weighted by atomic mass is 10.2. The molecule has 0 saturated carbocycles.